The van der Waals surface area contributed by atoms with E-state index >= 15 is 0 Å². The van der Waals surface area contributed by atoms with Crippen LogP contribution in [-0.4, -0.2) is 9.97 Å². The molecule has 66 valence electrons. The average molecular weight is 165 g/mol. The highest BCUT2D eigenvalue weighted by Gasteiger charge is 2.04. The van der Waals surface area contributed by atoms with E-state index in [1.165, 1.54) is 0 Å². The van der Waals surface area contributed by atoms with Gasteiger partial charge in [0.2, 0.25) is 0 Å². The SMILES string of the molecule is CC(C)Cc1nccnc1CN. The van der Waals surface area contributed by atoms with Gasteiger partial charge in [0.15, 0.2) is 0 Å². The molecule has 1 rings (SSSR count). The molecule has 2 N–H and O–H groups in total. The maximum Gasteiger partial charge on any atom is 0.0754 e. The Bertz CT molecular complexity index is 245. The Morgan fingerprint density at radius 3 is 2.33 bits per heavy atom. The Kier molecular flexibility index (Phi) is 3.17. The van der Waals surface area contributed by atoms with E-state index in [2.05, 4.69) is 23.8 Å². The van der Waals surface area contributed by atoms with E-state index < -0.39 is 0 Å². The van der Waals surface area contributed by atoms with Crippen molar-refractivity contribution in [2.45, 2.75) is 26.8 Å². The molecule has 0 aliphatic heterocycles. The minimum Gasteiger partial charge on any atom is -0.325 e. The number of nitrogens with two attached hydrogens (primary N) is 1. The highest BCUT2D eigenvalue weighted by Crippen LogP contribution is 2.07. The van der Waals surface area contributed by atoms with Gasteiger partial charge in [-0.15, -0.1) is 0 Å². The number of aromatic nitrogens is 2. The molecule has 0 amide bonds. The predicted octanol–water partition coefficient (Wildman–Crippen LogP) is 1.13. The van der Waals surface area contributed by atoms with Crippen LogP contribution in [0.15, 0.2) is 12.4 Å². The summed E-state index contributed by atoms with van der Waals surface area (Å²) < 4.78 is 0. The maximum atomic E-state index is 5.52. The Labute approximate surface area is 73.0 Å². The first-order chi connectivity index (χ1) is 5.74. The number of nitrogens with zero attached hydrogens (tertiary/aromatic N) is 2. The van der Waals surface area contributed by atoms with Gasteiger partial charge in [-0.25, -0.2) is 0 Å². The van der Waals surface area contributed by atoms with Gasteiger partial charge in [0.05, 0.1) is 11.4 Å². The highest BCUT2D eigenvalue weighted by molar-refractivity contribution is 5.10. The summed E-state index contributed by atoms with van der Waals surface area (Å²) in [4.78, 5) is 8.41. The Morgan fingerprint density at radius 2 is 1.83 bits per heavy atom. The van der Waals surface area contributed by atoms with Gasteiger partial charge in [0.25, 0.3) is 0 Å². The summed E-state index contributed by atoms with van der Waals surface area (Å²) >= 11 is 0. The van der Waals surface area contributed by atoms with Crippen molar-refractivity contribution < 1.29 is 0 Å². The fraction of sp³-hybridized carbons (Fsp3) is 0.556. The topological polar surface area (TPSA) is 51.8 Å². The van der Waals surface area contributed by atoms with Gasteiger partial charge >= 0.3 is 0 Å². The lowest BCUT2D eigenvalue weighted by Crippen LogP contribution is -2.08. The van der Waals surface area contributed by atoms with Gasteiger partial charge in [-0.1, -0.05) is 13.8 Å². The van der Waals surface area contributed by atoms with Crippen LogP contribution in [0.3, 0.4) is 0 Å². The first-order valence-electron chi connectivity index (χ1n) is 4.23. The van der Waals surface area contributed by atoms with Crippen LogP contribution in [0.25, 0.3) is 0 Å². The first kappa shape index (κ1) is 9.13. The lowest BCUT2D eigenvalue weighted by atomic mass is 10.1. The quantitative estimate of drug-likeness (QED) is 0.730. The van der Waals surface area contributed by atoms with Crippen LogP contribution in [-0.2, 0) is 13.0 Å². The summed E-state index contributed by atoms with van der Waals surface area (Å²) in [6.45, 7) is 4.81. The van der Waals surface area contributed by atoms with Gasteiger partial charge in [-0.2, -0.15) is 0 Å². The molecule has 12 heavy (non-hydrogen) atoms. The summed E-state index contributed by atoms with van der Waals surface area (Å²) in [7, 11) is 0. The molecule has 1 aromatic rings. The summed E-state index contributed by atoms with van der Waals surface area (Å²) in [5, 5.41) is 0. The Hall–Kier alpha value is -0.960. The molecule has 0 saturated carbocycles. The molecule has 0 aliphatic rings. The molecule has 3 heteroatoms. The third-order valence-electron chi connectivity index (χ3n) is 1.66. The van der Waals surface area contributed by atoms with Crippen molar-refractivity contribution in [3.05, 3.63) is 23.8 Å². The van der Waals surface area contributed by atoms with Crippen molar-refractivity contribution in [1.82, 2.24) is 9.97 Å². The molecule has 0 aliphatic carbocycles. The minimum absolute atomic E-state index is 0.482. The molecule has 0 unspecified atom stereocenters. The van der Waals surface area contributed by atoms with Crippen LogP contribution in [0.5, 0.6) is 0 Å². The molecular weight excluding hydrogens is 150 g/mol. The molecule has 0 bridgehead atoms. The molecule has 0 radical (unpaired) electrons. The van der Waals surface area contributed by atoms with E-state index in [9.17, 15) is 0 Å². The van der Waals surface area contributed by atoms with Crippen molar-refractivity contribution >= 4 is 0 Å². The average Bonchev–Trinajstić information content (AvgIpc) is 2.04. The van der Waals surface area contributed by atoms with Crippen molar-refractivity contribution in [3.63, 3.8) is 0 Å². The van der Waals surface area contributed by atoms with Crippen LogP contribution in [0.2, 0.25) is 0 Å². The van der Waals surface area contributed by atoms with Gasteiger partial charge in [0.1, 0.15) is 0 Å². The fourth-order valence-corrected chi connectivity index (χ4v) is 1.12. The van der Waals surface area contributed by atoms with E-state index in [4.69, 9.17) is 5.73 Å². The lowest BCUT2D eigenvalue weighted by Gasteiger charge is -2.06. The van der Waals surface area contributed by atoms with Crippen LogP contribution < -0.4 is 5.73 Å². The Morgan fingerprint density at radius 1 is 1.25 bits per heavy atom. The second-order valence-corrected chi connectivity index (χ2v) is 3.25. The third-order valence-corrected chi connectivity index (χ3v) is 1.66. The molecule has 1 heterocycles. The first-order valence-corrected chi connectivity index (χ1v) is 4.23. The van der Waals surface area contributed by atoms with Crippen molar-refractivity contribution in [1.29, 1.82) is 0 Å². The van der Waals surface area contributed by atoms with Crippen LogP contribution in [0, 0.1) is 5.92 Å². The molecule has 1 aromatic heterocycles. The monoisotopic (exact) mass is 165 g/mol. The number of hydrogen-bond donors (Lipinski definition) is 1. The molecule has 0 atom stereocenters. The normalized spacial score (nSPS) is 10.7. The number of hydrogen-bond acceptors (Lipinski definition) is 3. The fourth-order valence-electron chi connectivity index (χ4n) is 1.12. The second-order valence-electron chi connectivity index (χ2n) is 3.25. The number of rotatable bonds is 3. The van der Waals surface area contributed by atoms with Crippen LogP contribution in [0.1, 0.15) is 25.2 Å². The van der Waals surface area contributed by atoms with Crippen molar-refractivity contribution in [2.75, 3.05) is 0 Å². The highest BCUT2D eigenvalue weighted by atomic mass is 14.8. The standard InChI is InChI=1S/C9H15N3/c1-7(2)5-8-9(6-10)12-4-3-11-8/h3-4,7H,5-6,10H2,1-2H3. The summed E-state index contributed by atoms with van der Waals surface area (Å²) in [5.74, 6) is 0.604. The zero-order valence-corrected chi connectivity index (χ0v) is 7.62. The zero-order valence-electron chi connectivity index (χ0n) is 7.62. The van der Waals surface area contributed by atoms with Gasteiger partial charge in [-0.3, -0.25) is 9.97 Å². The zero-order chi connectivity index (χ0) is 8.97. The van der Waals surface area contributed by atoms with E-state index in [-0.39, 0.29) is 0 Å². The second kappa shape index (κ2) is 4.16. The van der Waals surface area contributed by atoms with Crippen LogP contribution >= 0.6 is 0 Å². The van der Waals surface area contributed by atoms with Crippen LogP contribution in [0.4, 0.5) is 0 Å². The maximum absolute atomic E-state index is 5.52. The van der Waals surface area contributed by atoms with E-state index in [1.54, 1.807) is 12.4 Å². The van der Waals surface area contributed by atoms with Gasteiger partial charge in [0, 0.05) is 18.9 Å². The molecule has 0 spiro atoms. The van der Waals surface area contributed by atoms with E-state index in [1.807, 2.05) is 0 Å². The van der Waals surface area contributed by atoms with Gasteiger partial charge < -0.3 is 5.73 Å². The largest absolute Gasteiger partial charge is 0.325 e. The lowest BCUT2D eigenvalue weighted by molar-refractivity contribution is 0.625. The Balaban J connectivity index is 2.82. The molecule has 3 nitrogen and oxygen atoms in total. The summed E-state index contributed by atoms with van der Waals surface area (Å²) in [6.07, 6.45) is 4.36. The molecule has 0 fully saturated rings. The molecule has 0 aromatic carbocycles. The smallest absolute Gasteiger partial charge is 0.0754 e. The predicted molar refractivity (Wildman–Crippen MR) is 48.5 cm³/mol. The molecular formula is C9H15N3. The van der Waals surface area contributed by atoms with E-state index in [0.717, 1.165) is 17.8 Å². The van der Waals surface area contributed by atoms with Crippen molar-refractivity contribution in [3.8, 4) is 0 Å². The minimum atomic E-state index is 0.482. The van der Waals surface area contributed by atoms with E-state index in [0.29, 0.717) is 12.5 Å². The summed E-state index contributed by atoms with van der Waals surface area (Å²) in [5.41, 5.74) is 7.48. The third kappa shape index (κ3) is 2.27. The van der Waals surface area contributed by atoms with Crippen molar-refractivity contribution in [2.24, 2.45) is 11.7 Å². The molecule has 0 saturated heterocycles. The summed E-state index contributed by atoms with van der Waals surface area (Å²) in [6, 6.07) is 0. The van der Waals surface area contributed by atoms with Gasteiger partial charge in [-0.05, 0) is 12.3 Å².